The van der Waals surface area contributed by atoms with Gasteiger partial charge in [0.15, 0.2) is 0 Å². The predicted octanol–water partition coefficient (Wildman–Crippen LogP) is 7.28. The van der Waals surface area contributed by atoms with E-state index in [1.165, 1.54) is 36.4 Å². The molecule has 4 rings (SSSR count). The summed E-state index contributed by atoms with van der Waals surface area (Å²) >= 11 is 0. The van der Waals surface area contributed by atoms with Crippen LogP contribution in [0.3, 0.4) is 0 Å². The molecule has 0 aliphatic rings. The highest BCUT2D eigenvalue weighted by Crippen LogP contribution is 2.27. The average Bonchev–Trinajstić information content (AvgIpc) is 3.22. The lowest BCUT2D eigenvalue weighted by Gasteiger charge is -2.11. The SMILES string of the molecule is C=CC(=O)OCCCOc1ccc(/C=C/C(=O)Oc2ccc(OC(=O)/C=C/c3ccc(OCCCOC(=O)C=C)cc3)c(C(=O)OCc3ccccc3)c2)cc1. The first-order chi connectivity index (χ1) is 27.2. The van der Waals surface area contributed by atoms with Crippen LogP contribution in [-0.4, -0.2) is 56.3 Å². The Labute approximate surface area is 324 Å². The summed E-state index contributed by atoms with van der Waals surface area (Å²) in [5.41, 5.74) is 1.98. The molecule has 0 saturated heterocycles. The molecule has 0 aliphatic heterocycles. The molecule has 12 nitrogen and oxygen atoms in total. The van der Waals surface area contributed by atoms with Crippen LogP contribution in [0.1, 0.15) is 39.9 Å². The normalized spacial score (nSPS) is 10.6. The molecule has 0 bridgehead atoms. The number of hydrogen-bond donors (Lipinski definition) is 0. The number of benzene rings is 4. The number of rotatable bonds is 21. The van der Waals surface area contributed by atoms with Gasteiger partial charge in [0.25, 0.3) is 0 Å². The van der Waals surface area contributed by atoms with Gasteiger partial charge in [0.2, 0.25) is 0 Å². The van der Waals surface area contributed by atoms with Gasteiger partial charge in [0.1, 0.15) is 35.2 Å². The van der Waals surface area contributed by atoms with Crippen LogP contribution in [0.4, 0.5) is 0 Å². The molecule has 0 fully saturated rings. The van der Waals surface area contributed by atoms with E-state index in [1.807, 2.05) is 6.07 Å². The van der Waals surface area contributed by atoms with Gasteiger partial charge in [-0.2, -0.15) is 0 Å². The van der Waals surface area contributed by atoms with Crippen molar-refractivity contribution in [1.29, 1.82) is 0 Å². The standard InChI is InChI=1S/C44H40O12/c1-3-40(45)52-28-8-26-50-35-18-12-32(13-19-35)16-24-42(47)55-37-22-23-39(38(30-37)44(49)54-31-34-10-6-5-7-11-34)56-43(48)25-17-33-14-20-36(21-15-33)51-27-9-29-53-41(46)4-2/h3-7,10-25,30H,1-2,8-9,26-29,31H2/b24-16+,25-17+. The fourth-order valence-electron chi connectivity index (χ4n) is 4.55. The third-order valence-electron chi connectivity index (χ3n) is 7.33. The van der Waals surface area contributed by atoms with E-state index in [1.54, 1.807) is 78.9 Å². The minimum atomic E-state index is -0.802. The molecule has 0 spiro atoms. The summed E-state index contributed by atoms with van der Waals surface area (Å²) in [7, 11) is 0. The second kappa shape index (κ2) is 22.8. The number of carbonyl (C=O) groups excluding carboxylic acids is 5. The van der Waals surface area contributed by atoms with Gasteiger partial charge in [-0.1, -0.05) is 67.8 Å². The Morgan fingerprint density at radius 2 is 1.02 bits per heavy atom. The third-order valence-corrected chi connectivity index (χ3v) is 7.33. The van der Waals surface area contributed by atoms with Gasteiger partial charge in [-0.15, -0.1) is 0 Å². The van der Waals surface area contributed by atoms with Crippen molar-refractivity contribution in [3.05, 3.63) is 157 Å². The molecule has 56 heavy (non-hydrogen) atoms. The summed E-state index contributed by atoms with van der Waals surface area (Å²) in [6.45, 7) is 7.74. The van der Waals surface area contributed by atoms with Crippen molar-refractivity contribution >= 4 is 42.0 Å². The van der Waals surface area contributed by atoms with E-state index in [2.05, 4.69) is 13.2 Å². The summed E-state index contributed by atoms with van der Waals surface area (Å²) in [6.07, 6.45) is 8.70. The maximum atomic E-state index is 13.2. The van der Waals surface area contributed by atoms with Gasteiger partial charge in [-0.25, -0.2) is 24.0 Å². The first-order valence-corrected chi connectivity index (χ1v) is 17.4. The zero-order valence-electron chi connectivity index (χ0n) is 30.5. The Balaban J connectivity index is 1.35. The van der Waals surface area contributed by atoms with Crippen LogP contribution in [-0.2, 0) is 40.0 Å². The molecule has 0 radical (unpaired) electrons. The van der Waals surface area contributed by atoms with E-state index in [0.29, 0.717) is 48.7 Å². The molecule has 0 aromatic heterocycles. The van der Waals surface area contributed by atoms with Crippen LogP contribution in [0.5, 0.6) is 23.0 Å². The molecule has 0 N–H and O–H groups in total. The van der Waals surface area contributed by atoms with Gasteiger partial charge in [-0.3, -0.25) is 0 Å². The first-order valence-electron chi connectivity index (χ1n) is 17.4. The minimum absolute atomic E-state index is 0.0178. The van der Waals surface area contributed by atoms with Gasteiger partial charge in [0.05, 0.1) is 26.4 Å². The van der Waals surface area contributed by atoms with E-state index in [4.69, 9.17) is 33.2 Å². The lowest BCUT2D eigenvalue weighted by Crippen LogP contribution is -2.12. The number of carbonyl (C=O) groups is 5. The van der Waals surface area contributed by atoms with Gasteiger partial charge >= 0.3 is 29.8 Å². The Morgan fingerprint density at radius 1 is 0.518 bits per heavy atom. The zero-order valence-corrected chi connectivity index (χ0v) is 30.5. The molecule has 288 valence electrons. The van der Waals surface area contributed by atoms with E-state index in [9.17, 15) is 24.0 Å². The molecule has 0 atom stereocenters. The molecule has 0 aliphatic carbocycles. The van der Waals surface area contributed by atoms with Gasteiger partial charge < -0.3 is 33.2 Å². The molecular formula is C44H40O12. The lowest BCUT2D eigenvalue weighted by molar-refractivity contribution is -0.138. The van der Waals surface area contributed by atoms with Gasteiger partial charge in [-0.05, 0) is 71.3 Å². The van der Waals surface area contributed by atoms with Crippen LogP contribution < -0.4 is 18.9 Å². The molecular weight excluding hydrogens is 720 g/mol. The van der Waals surface area contributed by atoms with Crippen molar-refractivity contribution in [3.63, 3.8) is 0 Å². The Hall–Kier alpha value is -7.21. The van der Waals surface area contributed by atoms with Crippen molar-refractivity contribution < 1.29 is 57.1 Å². The van der Waals surface area contributed by atoms with Crippen molar-refractivity contribution in [2.45, 2.75) is 19.4 Å². The van der Waals surface area contributed by atoms with E-state index >= 15 is 0 Å². The summed E-state index contributed by atoms with van der Waals surface area (Å²) in [5.74, 6) is -2.17. The maximum Gasteiger partial charge on any atom is 0.342 e. The van der Waals surface area contributed by atoms with Crippen molar-refractivity contribution in [1.82, 2.24) is 0 Å². The highest BCUT2D eigenvalue weighted by Gasteiger charge is 2.19. The number of hydrogen-bond acceptors (Lipinski definition) is 12. The molecule has 4 aromatic carbocycles. The minimum Gasteiger partial charge on any atom is -0.493 e. The Kier molecular flexibility index (Phi) is 16.9. The summed E-state index contributed by atoms with van der Waals surface area (Å²) in [6, 6.07) is 26.9. The van der Waals surface area contributed by atoms with Crippen LogP contribution in [0.15, 0.2) is 135 Å². The highest BCUT2D eigenvalue weighted by molar-refractivity contribution is 5.96. The molecule has 0 unspecified atom stereocenters. The molecule has 0 heterocycles. The summed E-state index contributed by atoms with van der Waals surface area (Å²) < 4.78 is 37.5. The first kappa shape index (κ1) is 41.5. The second-order valence-electron chi connectivity index (χ2n) is 11.5. The molecule has 0 saturated carbocycles. The monoisotopic (exact) mass is 760 g/mol. The van der Waals surface area contributed by atoms with Crippen LogP contribution >= 0.6 is 0 Å². The van der Waals surface area contributed by atoms with Crippen molar-refractivity contribution in [2.24, 2.45) is 0 Å². The topological polar surface area (TPSA) is 150 Å². The fraction of sp³-hybridized carbons (Fsp3) is 0.159. The van der Waals surface area contributed by atoms with Crippen LogP contribution in [0, 0.1) is 0 Å². The smallest absolute Gasteiger partial charge is 0.342 e. The highest BCUT2D eigenvalue weighted by atomic mass is 16.6. The zero-order chi connectivity index (χ0) is 40.0. The quantitative estimate of drug-likeness (QED) is 0.0276. The van der Waals surface area contributed by atoms with E-state index in [-0.39, 0.29) is 36.9 Å². The van der Waals surface area contributed by atoms with Crippen LogP contribution in [0.25, 0.3) is 12.2 Å². The summed E-state index contributed by atoms with van der Waals surface area (Å²) in [5, 5.41) is 0. The molecule has 4 aromatic rings. The Bertz CT molecular complexity index is 2010. The molecule has 12 heteroatoms. The van der Waals surface area contributed by atoms with E-state index < -0.39 is 29.8 Å². The van der Waals surface area contributed by atoms with Gasteiger partial charge in [0, 0.05) is 37.1 Å². The predicted molar refractivity (Wildman–Crippen MR) is 207 cm³/mol. The third kappa shape index (κ3) is 15.0. The maximum absolute atomic E-state index is 13.2. The second-order valence-corrected chi connectivity index (χ2v) is 11.5. The van der Waals surface area contributed by atoms with Crippen molar-refractivity contribution in [2.75, 3.05) is 26.4 Å². The van der Waals surface area contributed by atoms with E-state index in [0.717, 1.165) is 17.7 Å². The average molecular weight is 761 g/mol. The van der Waals surface area contributed by atoms with Crippen molar-refractivity contribution in [3.8, 4) is 23.0 Å². The lowest BCUT2D eigenvalue weighted by atomic mass is 10.2. The van der Waals surface area contributed by atoms with Crippen LogP contribution in [0.2, 0.25) is 0 Å². The number of esters is 5. The fourth-order valence-corrected chi connectivity index (χ4v) is 4.55. The largest absolute Gasteiger partial charge is 0.493 e. The Morgan fingerprint density at radius 3 is 1.54 bits per heavy atom. The summed E-state index contributed by atoms with van der Waals surface area (Å²) in [4.78, 5) is 61.0. The number of ether oxygens (including phenoxy) is 7. The molecule has 0 amide bonds.